The lowest BCUT2D eigenvalue weighted by atomic mass is 10.1. The van der Waals surface area contributed by atoms with E-state index >= 15 is 0 Å². The van der Waals surface area contributed by atoms with Crippen LogP contribution in [-0.2, 0) is 16.0 Å². The number of rotatable bonds is 3. The number of hydrogen-bond donors (Lipinski definition) is 2. The van der Waals surface area contributed by atoms with Gasteiger partial charge in [0.1, 0.15) is 6.04 Å². The fourth-order valence-electron chi connectivity index (χ4n) is 2.08. The second-order valence-electron chi connectivity index (χ2n) is 4.49. The number of benzene rings is 1. The number of halogens is 1. The predicted octanol–water partition coefficient (Wildman–Crippen LogP) is 0.877. The van der Waals surface area contributed by atoms with Gasteiger partial charge in [0, 0.05) is 24.1 Å². The van der Waals surface area contributed by atoms with E-state index in [9.17, 15) is 9.59 Å². The number of carboxylic acids is 1. The molecular formula is C13H15BrN2O3. The maximum Gasteiger partial charge on any atom is 0.322 e. The van der Waals surface area contributed by atoms with Crippen molar-refractivity contribution in [2.45, 2.75) is 12.5 Å². The molecule has 1 aliphatic rings. The van der Waals surface area contributed by atoms with Gasteiger partial charge < -0.3 is 15.3 Å². The van der Waals surface area contributed by atoms with Gasteiger partial charge in [0.2, 0.25) is 5.91 Å². The Balaban J connectivity index is 1.98. The molecule has 1 aromatic rings. The molecule has 0 aliphatic carbocycles. The van der Waals surface area contributed by atoms with E-state index < -0.39 is 12.0 Å². The van der Waals surface area contributed by atoms with Crippen molar-refractivity contribution in [3.8, 4) is 0 Å². The molecule has 0 aromatic heterocycles. The third kappa shape index (κ3) is 3.78. The SMILES string of the molecule is O=C(O)C1CN(C(=O)Cc2cccc(Br)c2)CCN1. The molecule has 0 saturated carbocycles. The molecule has 0 bridgehead atoms. The molecular weight excluding hydrogens is 312 g/mol. The van der Waals surface area contributed by atoms with Crippen LogP contribution in [0, 0.1) is 0 Å². The van der Waals surface area contributed by atoms with Gasteiger partial charge in [-0.15, -0.1) is 0 Å². The molecule has 1 unspecified atom stereocenters. The predicted molar refractivity (Wildman–Crippen MR) is 73.9 cm³/mol. The Morgan fingerprint density at radius 2 is 2.26 bits per heavy atom. The summed E-state index contributed by atoms with van der Waals surface area (Å²) in [6.07, 6.45) is 0.297. The van der Waals surface area contributed by atoms with Crippen molar-refractivity contribution in [3.05, 3.63) is 34.3 Å². The summed E-state index contributed by atoms with van der Waals surface area (Å²) in [5.41, 5.74) is 0.921. The Labute approximate surface area is 119 Å². The average Bonchev–Trinajstić information content (AvgIpc) is 2.39. The first-order valence-electron chi connectivity index (χ1n) is 6.04. The summed E-state index contributed by atoms with van der Waals surface area (Å²) < 4.78 is 0.932. The van der Waals surface area contributed by atoms with Gasteiger partial charge in [-0.05, 0) is 17.7 Å². The van der Waals surface area contributed by atoms with Crippen molar-refractivity contribution in [3.63, 3.8) is 0 Å². The zero-order valence-corrected chi connectivity index (χ0v) is 11.9. The van der Waals surface area contributed by atoms with E-state index in [0.29, 0.717) is 19.5 Å². The van der Waals surface area contributed by atoms with Gasteiger partial charge in [-0.25, -0.2) is 0 Å². The minimum absolute atomic E-state index is 0.0362. The molecule has 1 atom stereocenters. The standard InChI is InChI=1S/C13H15BrN2O3/c14-10-3-1-2-9(6-10)7-12(17)16-5-4-15-11(8-16)13(18)19/h1-3,6,11,15H,4-5,7-8H2,(H,18,19). The van der Waals surface area contributed by atoms with E-state index in [2.05, 4.69) is 21.2 Å². The molecule has 1 amide bonds. The zero-order chi connectivity index (χ0) is 13.8. The third-order valence-corrected chi connectivity index (χ3v) is 3.56. The monoisotopic (exact) mass is 326 g/mol. The molecule has 5 nitrogen and oxygen atoms in total. The second kappa shape index (κ2) is 6.16. The molecule has 102 valence electrons. The van der Waals surface area contributed by atoms with Crippen LogP contribution in [0.25, 0.3) is 0 Å². The van der Waals surface area contributed by atoms with Gasteiger partial charge in [-0.3, -0.25) is 9.59 Å². The minimum Gasteiger partial charge on any atom is -0.480 e. The lowest BCUT2D eigenvalue weighted by molar-refractivity contribution is -0.142. The maximum atomic E-state index is 12.1. The number of carboxylic acid groups (broad SMARTS) is 1. The first kappa shape index (κ1) is 14.0. The maximum absolute atomic E-state index is 12.1. The van der Waals surface area contributed by atoms with Gasteiger partial charge in [-0.1, -0.05) is 28.1 Å². The summed E-state index contributed by atoms with van der Waals surface area (Å²) in [4.78, 5) is 24.7. The van der Waals surface area contributed by atoms with Gasteiger partial charge in [0.15, 0.2) is 0 Å². The molecule has 6 heteroatoms. The molecule has 1 heterocycles. The molecule has 2 rings (SSSR count). The number of nitrogens with zero attached hydrogens (tertiary/aromatic N) is 1. The first-order valence-corrected chi connectivity index (χ1v) is 6.84. The largest absolute Gasteiger partial charge is 0.480 e. The normalized spacial score (nSPS) is 19.2. The summed E-state index contributed by atoms with van der Waals surface area (Å²) in [5.74, 6) is -0.953. The van der Waals surface area contributed by atoms with Crippen LogP contribution in [-0.4, -0.2) is 47.6 Å². The van der Waals surface area contributed by atoms with Crippen molar-refractivity contribution < 1.29 is 14.7 Å². The van der Waals surface area contributed by atoms with Crippen molar-refractivity contribution >= 4 is 27.8 Å². The Hall–Kier alpha value is -1.40. The Kier molecular flexibility index (Phi) is 4.55. The zero-order valence-electron chi connectivity index (χ0n) is 10.3. The number of amides is 1. The van der Waals surface area contributed by atoms with Crippen LogP contribution in [0.3, 0.4) is 0 Å². The van der Waals surface area contributed by atoms with E-state index in [4.69, 9.17) is 5.11 Å². The summed E-state index contributed by atoms with van der Waals surface area (Å²) in [6, 6.07) is 6.90. The van der Waals surface area contributed by atoms with Crippen molar-refractivity contribution in [1.82, 2.24) is 10.2 Å². The highest BCUT2D eigenvalue weighted by atomic mass is 79.9. The molecule has 2 N–H and O–H groups in total. The van der Waals surface area contributed by atoms with E-state index in [1.54, 1.807) is 4.90 Å². The summed E-state index contributed by atoms with van der Waals surface area (Å²) in [6.45, 7) is 1.29. The van der Waals surface area contributed by atoms with Crippen LogP contribution in [0.2, 0.25) is 0 Å². The highest BCUT2D eigenvalue weighted by Gasteiger charge is 2.27. The van der Waals surface area contributed by atoms with Crippen LogP contribution < -0.4 is 5.32 Å². The van der Waals surface area contributed by atoms with E-state index in [-0.39, 0.29) is 12.5 Å². The number of aliphatic carboxylic acids is 1. The summed E-state index contributed by atoms with van der Waals surface area (Å²) in [5, 5.41) is 11.8. The number of nitrogens with one attached hydrogen (secondary N) is 1. The number of piperazine rings is 1. The van der Waals surface area contributed by atoms with Crippen LogP contribution in [0.4, 0.5) is 0 Å². The van der Waals surface area contributed by atoms with Crippen molar-refractivity contribution in [2.24, 2.45) is 0 Å². The Bertz CT molecular complexity index is 493. The third-order valence-electron chi connectivity index (χ3n) is 3.07. The summed E-state index contributed by atoms with van der Waals surface area (Å²) >= 11 is 3.36. The fourth-order valence-corrected chi connectivity index (χ4v) is 2.52. The second-order valence-corrected chi connectivity index (χ2v) is 5.41. The van der Waals surface area contributed by atoms with Crippen LogP contribution >= 0.6 is 15.9 Å². The molecule has 0 radical (unpaired) electrons. The smallest absolute Gasteiger partial charge is 0.322 e. The summed E-state index contributed by atoms with van der Waals surface area (Å²) in [7, 11) is 0. The van der Waals surface area contributed by atoms with Crippen molar-refractivity contribution in [1.29, 1.82) is 0 Å². The van der Waals surface area contributed by atoms with Gasteiger partial charge in [-0.2, -0.15) is 0 Å². The van der Waals surface area contributed by atoms with Gasteiger partial charge >= 0.3 is 5.97 Å². The number of hydrogen-bond acceptors (Lipinski definition) is 3. The molecule has 1 fully saturated rings. The lowest BCUT2D eigenvalue weighted by Crippen LogP contribution is -2.56. The van der Waals surface area contributed by atoms with Crippen LogP contribution in [0.1, 0.15) is 5.56 Å². The average molecular weight is 327 g/mol. The Morgan fingerprint density at radius 3 is 2.95 bits per heavy atom. The molecule has 1 saturated heterocycles. The molecule has 0 spiro atoms. The molecule has 1 aliphatic heterocycles. The van der Waals surface area contributed by atoms with Gasteiger partial charge in [0.05, 0.1) is 6.42 Å². The van der Waals surface area contributed by atoms with Gasteiger partial charge in [0.25, 0.3) is 0 Å². The Morgan fingerprint density at radius 1 is 1.47 bits per heavy atom. The highest BCUT2D eigenvalue weighted by molar-refractivity contribution is 9.10. The van der Waals surface area contributed by atoms with Crippen LogP contribution in [0.5, 0.6) is 0 Å². The number of carbonyl (C=O) groups is 2. The van der Waals surface area contributed by atoms with Crippen LogP contribution in [0.15, 0.2) is 28.7 Å². The van der Waals surface area contributed by atoms with E-state index in [1.165, 1.54) is 0 Å². The van der Waals surface area contributed by atoms with E-state index in [1.807, 2.05) is 24.3 Å². The first-order chi connectivity index (χ1) is 9.06. The number of carbonyl (C=O) groups excluding carboxylic acids is 1. The molecule has 19 heavy (non-hydrogen) atoms. The quantitative estimate of drug-likeness (QED) is 0.865. The topological polar surface area (TPSA) is 69.6 Å². The van der Waals surface area contributed by atoms with Crippen molar-refractivity contribution in [2.75, 3.05) is 19.6 Å². The molecule has 1 aromatic carbocycles. The van der Waals surface area contributed by atoms with E-state index in [0.717, 1.165) is 10.0 Å². The minimum atomic E-state index is -0.917. The fraction of sp³-hybridized carbons (Fsp3) is 0.385. The highest BCUT2D eigenvalue weighted by Crippen LogP contribution is 2.13. The lowest BCUT2D eigenvalue weighted by Gasteiger charge is -2.31.